The number of aromatic nitrogens is 1. The zero-order chi connectivity index (χ0) is 22.0. The van der Waals surface area contributed by atoms with Gasteiger partial charge < -0.3 is 15.5 Å². The number of nitrogens with one attached hydrogen (secondary N) is 2. The molecule has 162 valence electrons. The largest absolute Gasteiger partial charge is 0.377 e. The molecule has 1 amide bonds. The lowest BCUT2D eigenvalue weighted by molar-refractivity contribution is 0.0926. The number of carbonyl (C=O) groups is 1. The monoisotopic (exact) mass is 424 g/mol. The molecule has 5 nitrogen and oxygen atoms in total. The smallest absolute Gasteiger partial charge is 0.251 e. The maximum absolute atomic E-state index is 13.4. The Kier molecular flexibility index (Phi) is 6.02. The second-order valence-electron chi connectivity index (χ2n) is 8.23. The molecule has 31 heavy (non-hydrogen) atoms. The van der Waals surface area contributed by atoms with Gasteiger partial charge in [-0.3, -0.25) is 4.79 Å². The molecule has 0 spiro atoms. The van der Waals surface area contributed by atoms with Crippen molar-refractivity contribution >= 4 is 28.3 Å². The van der Waals surface area contributed by atoms with Crippen LogP contribution >= 0.6 is 0 Å². The summed E-state index contributed by atoms with van der Waals surface area (Å²) >= 11 is 0. The first-order valence-corrected chi connectivity index (χ1v) is 10.5. The molecule has 1 saturated carbocycles. The van der Waals surface area contributed by atoms with E-state index < -0.39 is 11.6 Å². The van der Waals surface area contributed by atoms with Gasteiger partial charge in [-0.15, -0.1) is 0 Å². The highest BCUT2D eigenvalue weighted by Crippen LogP contribution is 2.29. The van der Waals surface area contributed by atoms with E-state index in [2.05, 4.69) is 27.7 Å². The lowest BCUT2D eigenvalue weighted by atomic mass is 9.91. The summed E-state index contributed by atoms with van der Waals surface area (Å²) < 4.78 is 26.5. The average Bonchev–Trinajstić information content (AvgIpc) is 2.76. The number of para-hydroxylation sites is 1. The summed E-state index contributed by atoms with van der Waals surface area (Å²) in [6.07, 6.45) is 3.38. The number of amides is 1. The first-order chi connectivity index (χ1) is 14.9. The van der Waals surface area contributed by atoms with Crippen molar-refractivity contribution in [2.75, 3.05) is 24.3 Å². The van der Waals surface area contributed by atoms with Crippen molar-refractivity contribution in [2.24, 2.45) is 0 Å². The van der Waals surface area contributed by atoms with Crippen LogP contribution in [0.5, 0.6) is 0 Å². The Hall–Kier alpha value is -3.22. The van der Waals surface area contributed by atoms with Crippen LogP contribution in [0.2, 0.25) is 0 Å². The minimum atomic E-state index is -1.01. The number of carbonyl (C=O) groups excluding carboxylic acids is 1. The Morgan fingerprint density at radius 2 is 1.68 bits per heavy atom. The Morgan fingerprint density at radius 1 is 0.968 bits per heavy atom. The molecular weight excluding hydrogens is 398 g/mol. The van der Waals surface area contributed by atoms with Gasteiger partial charge in [-0.2, -0.15) is 0 Å². The van der Waals surface area contributed by atoms with Gasteiger partial charge in [-0.25, -0.2) is 13.8 Å². The van der Waals surface area contributed by atoms with Gasteiger partial charge in [0, 0.05) is 48.9 Å². The minimum Gasteiger partial charge on any atom is -0.377 e. The number of pyridine rings is 1. The fourth-order valence-electron chi connectivity index (χ4n) is 4.10. The van der Waals surface area contributed by atoms with E-state index in [4.69, 9.17) is 4.98 Å². The Bertz CT molecular complexity index is 1090. The SMILES string of the molecule is CN(C)c1cc(NC2CCC(NC(=O)c3ccc(F)c(F)c3)CC2)nc2ccccc12. The lowest BCUT2D eigenvalue weighted by Gasteiger charge is -2.30. The molecule has 4 rings (SSSR count). The summed E-state index contributed by atoms with van der Waals surface area (Å²) in [7, 11) is 4.04. The third-order valence-electron chi connectivity index (χ3n) is 5.77. The van der Waals surface area contributed by atoms with Crippen molar-refractivity contribution in [3.63, 3.8) is 0 Å². The van der Waals surface area contributed by atoms with E-state index in [1.807, 2.05) is 32.3 Å². The number of rotatable bonds is 5. The van der Waals surface area contributed by atoms with E-state index in [9.17, 15) is 13.6 Å². The summed E-state index contributed by atoms with van der Waals surface area (Å²) in [4.78, 5) is 19.2. The van der Waals surface area contributed by atoms with E-state index in [-0.39, 0.29) is 23.6 Å². The predicted octanol–water partition coefficient (Wildman–Crippen LogP) is 4.73. The predicted molar refractivity (Wildman–Crippen MR) is 120 cm³/mol. The van der Waals surface area contributed by atoms with Crippen LogP contribution < -0.4 is 15.5 Å². The topological polar surface area (TPSA) is 57.3 Å². The number of nitrogens with zero attached hydrogens (tertiary/aromatic N) is 2. The molecule has 3 aromatic rings. The summed E-state index contributed by atoms with van der Waals surface area (Å²) in [5.41, 5.74) is 2.19. The second kappa shape index (κ2) is 8.88. The maximum Gasteiger partial charge on any atom is 0.251 e. The molecule has 1 aliphatic carbocycles. The van der Waals surface area contributed by atoms with Crippen LogP contribution in [0.4, 0.5) is 20.3 Å². The molecule has 0 bridgehead atoms. The third kappa shape index (κ3) is 4.76. The third-order valence-corrected chi connectivity index (χ3v) is 5.77. The van der Waals surface area contributed by atoms with Gasteiger partial charge in [0.1, 0.15) is 5.82 Å². The molecule has 1 aliphatic rings. The van der Waals surface area contributed by atoms with Crippen LogP contribution in [0.3, 0.4) is 0 Å². The van der Waals surface area contributed by atoms with Crippen molar-refractivity contribution in [3.05, 3.63) is 65.7 Å². The molecule has 1 aromatic heterocycles. The van der Waals surface area contributed by atoms with Crippen molar-refractivity contribution < 1.29 is 13.6 Å². The first kappa shape index (κ1) is 21.0. The van der Waals surface area contributed by atoms with Crippen LogP contribution in [0.25, 0.3) is 10.9 Å². The molecule has 1 heterocycles. The molecular formula is C24H26F2N4O. The van der Waals surface area contributed by atoms with Crippen molar-refractivity contribution in [3.8, 4) is 0 Å². The van der Waals surface area contributed by atoms with Crippen LogP contribution in [0.1, 0.15) is 36.0 Å². The Morgan fingerprint density at radius 3 is 2.39 bits per heavy atom. The van der Waals surface area contributed by atoms with E-state index in [1.54, 1.807) is 0 Å². The van der Waals surface area contributed by atoms with Gasteiger partial charge in [-0.1, -0.05) is 18.2 Å². The Balaban J connectivity index is 1.37. The Labute approximate surface area is 180 Å². The van der Waals surface area contributed by atoms with Gasteiger partial charge >= 0.3 is 0 Å². The van der Waals surface area contributed by atoms with Crippen LogP contribution in [0.15, 0.2) is 48.5 Å². The highest BCUT2D eigenvalue weighted by atomic mass is 19.2. The van der Waals surface area contributed by atoms with Crippen molar-refractivity contribution in [1.29, 1.82) is 0 Å². The van der Waals surface area contributed by atoms with E-state index in [0.717, 1.165) is 60.2 Å². The standard InChI is InChI=1S/C24H26F2N4O/c1-30(2)22-14-23(29-21-6-4-3-5-18(21)22)27-16-8-10-17(11-9-16)28-24(31)15-7-12-19(25)20(26)13-15/h3-7,12-14,16-17H,8-11H2,1-2H3,(H,27,29)(H,28,31). The lowest BCUT2D eigenvalue weighted by Crippen LogP contribution is -2.40. The minimum absolute atomic E-state index is 0.0144. The fourth-order valence-corrected chi connectivity index (χ4v) is 4.10. The number of anilines is 2. The maximum atomic E-state index is 13.4. The fraction of sp³-hybridized carbons (Fsp3) is 0.333. The van der Waals surface area contributed by atoms with Gasteiger partial charge in [0.25, 0.3) is 5.91 Å². The molecule has 0 aliphatic heterocycles. The van der Waals surface area contributed by atoms with Gasteiger partial charge in [0.15, 0.2) is 11.6 Å². The van der Waals surface area contributed by atoms with Crippen molar-refractivity contribution in [1.82, 2.24) is 10.3 Å². The number of fused-ring (bicyclic) bond motifs is 1. The molecule has 0 saturated heterocycles. The molecule has 0 unspecified atom stereocenters. The summed E-state index contributed by atoms with van der Waals surface area (Å²) in [5, 5.41) is 7.59. The summed E-state index contributed by atoms with van der Waals surface area (Å²) in [6, 6.07) is 13.6. The molecule has 2 N–H and O–H groups in total. The number of benzene rings is 2. The molecule has 7 heteroatoms. The van der Waals surface area contributed by atoms with Crippen LogP contribution in [0, 0.1) is 11.6 Å². The highest BCUT2D eigenvalue weighted by molar-refractivity contribution is 5.94. The normalized spacial score (nSPS) is 18.6. The quantitative estimate of drug-likeness (QED) is 0.622. The van der Waals surface area contributed by atoms with Crippen molar-refractivity contribution in [2.45, 2.75) is 37.8 Å². The molecule has 0 radical (unpaired) electrons. The van der Waals surface area contributed by atoms with Gasteiger partial charge in [0.2, 0.25) is 0 Å². The zero-order valence-electron chi connectivity index (χ0n) is 17.7. The van der Waals surface area contributed by atoms with Gasteiger partial charge in [-0.05, 0) is 49.9 Å². The van der Waals surface area contributed by atoms with Crippen LogP contribution in [-0.4, -0.2) is 37.1 Å². The first-order valence-electron chi connectivity index (χ1n) is 10.5. The van der Waals surface area contributed by atoms with E-state index in [1.165, 1.54) is 6.07 Å². The molecule has 2 aromatic carbocycles. The molecule has 0 atom stereocenters. The van der Waals surface area contributed by atoms with E-state index >= 15 is 0 Å². The van der Waals surface area contributed by atoms with Gasteiger partial charge in [0.05, 0.1) is 5.52 Å². The number of halogens is 2. The zero-order valence-corrected chi connectivity index (χ0v) is 17.7. The summed E-state index contributed by atoms with van der Waals surface area (Å²) in [6.45, 7) is 0. The summed E-state index contributed by atoms with van der Waals surface area (Å²) in [5.74, 6) is -1.50. The number of hydrogen-bond donors (Lipinski definition) is 2. The molecule has 1 fully saturated rings. The highest BCUT2D eigenvalue weighted by Gasteiger charge is 2.23. The average molecular weight is 424 g/mol. The second-order valence-corrected chi connectivity index (χ2v) is 8.23. The van der Waals surface area contributed by atoms with E-state index in [0.29, 0.717) is 0 Å². The van der Waals surface area contributed by atoms with Crippen LogP contribution in [-0.2, 0) is 0 Å². The number of hydrogen-bond acceptors (Lipinski definition) is 4.